The van der Waals surface area contributed by atoms with Gasteiger partial charge in [-0.05, 0) is 32.1 Å². The Kier molecular flexibility index (Phi) is 4.95. The highest BCUT2D eigenvalue weighted by atomic mass is 16.2. The van der Waals surface area contributed by atoms with Crippen LogP contribution in [0.5, 0.6) is 0 Å². The number of nitrogens with zero attached hydrogens (tertiary/aromatic N) is 1. The summed E-state index contributed by atoms with van der Waals surface area (Å²) in [6.45, 7) is 8.37. The molecule has 2 rings (SSSR count). The molecule has 1 heterocycles. The molecular formula is C17H30N2O2. The topological polar surface area (TPSA) is 49.4 Å². The zero-order chi connectivity index (χ0) is 15.6. The molecule has 120 valence electrons. The van der Waals surface area contributed by atoms with Crippen molar-refractivity contribution in [2.45, 2.75) is 90.3 Å². The van der Waals surface area contributed by atoms with Gasteiger partial charge in [-0.25, -0.2) is 0 Å². The minimum atomic E-state index is -0.560. The van der Waals surface area contributed by atoms with Crippen LogP contribution in [0.2, 0.25) is 0 Å². The van der Waals surface area contributed by atoms with Crippen LogP contribution in [-0.2, 0) is 9.59 Å². The summed E-state index contributed by atoms with van der Waals surface area (Å²) in [6, 6.07) is -0.189. The average Bonchev–Trinajstić information content (AvgIpc) is 2.93. The summed E-state index contributed by atoms with van der Waals surface area (Å²) in [6.07, 6.45) is 6.65. The Balaban J connectivity index is 2.35. The Labute approximate surface area is 128 Å². The smallest absolute Gasteiger partial charge is 0.246 e. The van der Waals surface area contributed by atoms with Crippen LogP contribution in [0.3, 0.4) is 0 Å². The van der Waals surface area contributed by atoms with E-state index < -0.39 is 5.54 Å². The van der Waals surface area contributed by atoms with Gasteiger partial charge in [0.2, 0.25) is 11.8 Å². The quantitative estimate of drug-likeness (QED) is 0.847. The third-order valence-electron chi connectivity index (χ3n) is 5.46. The van der Waals surface area contributed by atoms with Crippen molar-refractivity contribution in [3.63, 3.8) is 0 Å². The van der Waals surface area contributed by atoms with Gasteiger partial charge < -0.3 is 10.2 Å². The van der Waals surface area contributed by atoms with Crippen molar-refractivity contribution in [1.82, 2.24) is 10.2 Å². The van der Waals surface area contributed by atoms with E-state index in [0.717, 1.165) is 44.9 Å². The van der Waals surface area contributed by atoms with Crippen molar-refractivity contribution < 1.29 is 9.59 Å². The minimum absolute atomic E-state index is 0.0906. The first-order valence-electron chi connectivity index (χ1n) is 8.62. The normalized spacial score (nSPS) is 27.8. The van der Waals surface area contributed by atoms with Crippen molar-refractivity contribution >= 4 is 11.8 Å². The molecule has 1 aliphatic carbocycles. The molecule has 1 saturated carbocycles. The van der Waals surface area contributed by atoms with E-state index in [1.165, 1.54) is 0 Å². The molecule has 3 unspecified atom stereocenters. The lowest BCUT2D eigenvalue weighted by atomic mass is 9.84. The fourth-order valence-corrected chi connectivity index (χ4v) is 4.04. The molecule has 0 aromatic heterocycles. The Bertz CT molecular complexity index is 402. The van der Waals surface area contributed by atoms with Gasteiger partial charge in [0.05, 0.1) is 0 Å². The minimum Gasteiger partial charge on any atom is -0.342 e. The van der Waals surface area contributed by atoms with E-state index in [9.17, 15) is 9.59 Å². The number of amides is 2. The van der Waals surface area contributed by atoms with E-state index in [1.807, 2.05) is 4.90 Å². The molecule has 0 bridgehead atoms. The molecule has 0 aromatic rings. The molecule has 2 fully saturated rings. The van der Waals surface area contributed by atoms with Gasteiger partial charge in [-0.3, -0.25) is 9.59 Å². The van der Waals surface area contributed by atoms with E-state index in [-0.39, 0.29) is 29.8 Å². The van der Waals surface area contributed by atoms with Gasteiger partial charge in [-0.2, -0.15) is 0 Å². The van der Waals surface area contributed by atoms with Crippen molar-refractivity contribution in [2.24, 2.45) is 5.92 Å². The average molecular weight is 294 g/mol. The van der Waals surface area contributed by atoms with Crippen LogP contribution >= 0.6 is 0 Å². The molecule has 1 N–H and O–H groups in total. The number of piperazine rings is 1. The Morgan fingerprint density at radius 2 is 1.86 bits per heavy atom. The summed E-state index contributed by atoms with van der Waals surface area (Å²) >= 11 is 0. The molecule has 21 heavy (non-hydrogen) atoms. The second-order valence-electron chi connectivity index (χ2n) is 6.92. The number of hydrogen-bond acceptors (Lipinski definition) is 2. The molecule has 1 spiro atoms. The summed E-state index contributed by atoms with van der Waals surface area (Å²) < 4.78 is 0. The van der Waals surface area contributed by atoms with Crippen LogP contribution in [-0.4, -0.2) is 34.3 Å². The SMILES string of the molecule is CCCC(C)N1C(=O)C(C(C)CC)NC(=O)C12CCCC2. The van der Waals surface area contributed by atoms with Crippen LogP contribution in [0.1, 0.15) is 72.6 Å². The molecule has 1 saturated heterocycles. The molecule has 4 nitrogen and oxygen atoms in total. The van der Waals surface area contributed by atoms with Crippen LogP contribution in [0, 0.1) is 5.92 Å². The third-order valence-corrected chi connectivity index (χ3v) is 5.46. The largest absolute Gasteiger partial charge is 0.342 e. The first kappa shape index (κ1) is 16.3. The first-order chi connectivity index (χ1) is 9.97. The monoisotopic (exact) mass is 294 g/mol. The van der Waals surface area contributed by atoms with Gasteiger partial charge in [0.25, 0.3) is 0 Å². The first-order valence-corrected chi connectivity index (χ1v) is 8.62. The summed E-state index contributed by atoms with van der Waals surface area (Å²) in [5.74, 6) is 0.427. The maximum atomic E-state index is 13.1. The highest BCUT2D eigenvalue weighted by Crippen LogP contribution is 2.40. The molecule has 2 aliphatic rings. The third kappa shape index (κ3) is 2.69. The van der Waals surface area contributed by atoms with Gasteiger partial charge in [-0.15, -0.1) is 0 Å². The molecule has 1 aliphatic heterocycles. The van der Waals surface area contributed by atoms with E-state index >= 15 is 0 Å². The Morgan fingerprint density at radius 3 is 2.38 bits per heavy atom. The van der Waals surface area contributed by atoms with Crippen molar-refractivity contribution in [3.8, 4) is 0 Å². The predicted octanol–water partition coefficient (Wildman–Crippen LogP) is 2.86. The van der Waals surface area contributed by atoms with Crippen molar-refractivity contribution in [1.29, 1.82) is 0 Å². The standard InChI is InChI=1S/C17H30N2O2/c1-5-9-13(4)19-15(20)14(12(3)6-2)18-16(21)17(19)10-7-8-11-17/h12-14H,5-11H2,1-4H3,(H,18,21). The van der Waals surface area contributed by atoms with Crippen LogP contribution < -0.4 is 5.32 Å². The lowest BCUT2D eigenvalue weighted by Gasteiger charge is -2.50. The number of hydrogen-bond donors (Lipinski definition) is 1. The number of nitrogens with one attached hydrogen (secondary N) is 1. The van der Waals surface area contributed by atoms with Crippen molar-refractivity contribution in [2.75, 3.05) is 0 Å². The number of carbonyl (C=O) groups is 2. The second-order valence-corrected chi connectivity index (χ2v) is 6.92. The van der Waals surface area contributed by atoms with Crippen LogP contribution in [0.15, 0.2) is 0 Å². The lowest BCUT2D eigenvalue weighted by molar-refractivity contribution is -0.162. The van der Waals surface area contributed by atoms with Crippen LogP contribution in [0.4, 0.5) is 0 Å². The highest BCUT2D eigenvalue weighted by Gasteiger charge is 2.55. The Hall–Kier alpha value is -1.06. The number of carbonyl (C=O) groups excluding carboxylic acids is 2. The molecule has 2 amide bonds. The summed E-state index contributed by atoms with van der Waals surface area (Å²) in [5.41, 5.74) is -0.560. The maximum Gasteiger partial charge on any atom is 0.246 e. The second kappa shape index (κ2) is 6.37. The molecule has 4 heteroatoms. The van der Waals surface area contributed by atoms with Gasteiger partial charge in [-0.1, -0.05) is 46.5 Å². The molecule has 0 aromatic carbocycles. The van der Waals surface area contributed by atoms with Gasteiger partial charge in [0.15, 0.2) is 0 Å². The van der Waals surface area contributed by atoms with Gasteiger partial charge in [0.1, 0.15) is 11.6 Å². The van der Waals surface area contributed by atoms with E-state index in [2.05, 4.69) is 33.0 Å². The molecule has 3 atom stereocenters. The zero-order valence-electron chi connectivity index (χ0n) is 13.9. The van der Waals surface area contributed by atoms with E-state index in [4.69, 9.17) is 0 Å². The lowest BCUT2D eigenvalue weighted by Crippen LogP contribution is -2.72. The summed E-state index contributed by atoms with van der Waals surface area (Å²) in [7, 11) is 0. The number of rotatable bonds is 5. The zero-order valence-corrected chi connectivity index (χ0v) is 13.9. The maximum absolute atomic E-state index is 13.1. The van der Waals surface area contributed by atoms with Crippen LogP contribution in [0.25, 0.3) is 0 Å². The molecular weight excluding hydrogens is 264 g/mol. The predicted molar refractivity (Wildman–Crippen MR) is 83.8 cm³/mol. The van der Waals surface area contributed by atoms with Crippen molar-refractivity contribution in [3.05, 3.63) is 0 Å². The van der Waals surface area contributed by atoms with E-state index in [0.29, 0.717) is 0 Å². The van der Waals surface area contributed by atoms with Gasteiger partial charge in [0, 0.05) is 6.04 Å². The molecule has 0 radical (unpaired) electrons. The van der Waals surface area contributed by atoms with Gasteiger partial charge >= 0.3 is 0 Å². The highest BCUT2D eigenvalue weighted by molar-refractivity contribution is 6.00. The fraction of sp³-hybridized carbons (Fsp3) is 0.882. The summed E-state index contributed by atoms with van der Waals surface area (Å²) in [4.78, 5) is 27.8. The Morgan fingerprint density at radius 1 is 1.24 bits per heavy atom. The fourth-order valence-electron chi connectivity index (χ4n) is 4.04. The van der Waals surface area contributed by atoms with E-state index in [1.54, 1.807) is 0 Å². The summed E-state index contributed by atoms with van der Waals surface area (Å²) in [5, 5.41) is 3.05.